The number of benzene rings is 4. The van der Waals surface area contributed by atoms with Crippen molar-refractivity contribution in [2.45, 2.75) is 19.5 Å². The second-order valence-electron chi connectivity index (χ2n) is 11.1. The lowest BCUT2D eigenvalue weighted by Gasteiger charge is -2.23. The van der Waals surface area contributed by atoms with Gasteiger partial charge in [-0.3, -0.25) is 14.6 Å². The molecule has 1 N–H and O–H groups in total. The highest BCUT2D eigenvalue weighted by molar-refractivity contribution is 6.08. The highest BCUT2D eigenvalue weighted by Gasteiger charge is 2.28. The number of nitrogens with one attached hydrogen (secondary N) is 1. The van der Waals surface area contributed by atoms with Crippen molar-refractivity contribution in [2.75, 3.05) is 18.6 Å². The molecule has 45 heavy (non-hydrogen) atoms. The van der Waals surface area contributed by atoms with Crippen LogP contribution >= 0.6 is 0 Å². The molecule has 0 saturated carbocycles. The fourth-order valence-corrected chi connectivity index (χ4v) is 6.14. The zero-order valence-electron chi connectivity index (χ0n) is 24.9. The van der Waals surface area contributed by atoms with Gasteiger partial charge >= 0.3 is 0 Å². The lowest BCUT2D eigenvalue weighted by atomic mass is 9.96. The SMILES string of the molecule is COc1cc(C(=O)N2Cc3ccc(C(=O)NCCc4ccccn4)n3Cc3ccccc32)ccc1-c1cccc2ccccc12. The molecule has 1 aliphatic rings. The number of ether oxygens (including phenoxy) is 1. The summed E-state index contributed by atoms with van der Waals surface area (Å²) in [6.07, 6.45) is 2.40. The van der Waals surface area contributed by atoms with Gasteiger partial charge in [-0.05, 0) is 70.4 Å². The Labute approximate surface area is 261 Å². The minimum atomic E-state index is -0.150. The summed E-state index contributed by atoms with van der Waals surface area (Å²) in [6, 6.07) is 37.5. The van der Waals surface area contributed by atoms with Gasteiger partial charge in [0, 0.05) is 47.4 Å². The maximum absolute atomic E-state index is 14.2. The van der Waals surface area contributed by atoms with Crippen LogP contribution in [0.3, 0.4) is 0 Å². The Morgan fingerprint density at radius 3 is 2.51 bits per heavy atom. The molecule has 6 aromatic rings. The summed E-state index contributed by atoms with van der Waals surface area (Å²) in [6.45, 7) is 1.28. The van der Waals surface area contributed by atoms with Crippen molar-refractivity contribution < 1.29 is 14.3 Å². The molecule has 222 valence electrons. The van der Waals surface area contributed by atoms with Crippen molar-refractivity contribution in [2.24, 2.45) is 0 Å². The molecular weight excluding hydrogens is 560 g/mol. The van der Waals surface area contributed by atoms with Gasteiger partial charge in [-0.15, -0.1) is 0 Å². The number of aromatic nitrogens is 2. The standard InChI is InChI=1S/C38H32N4O3/c1-45-36-23-27(16-18-33(36)32-14-8-11-26-9-2-4-13-31(26)32)38(44)42-25-30-17-19-35(41(30)24-28-10-3-5-15-34(28)42)37(43)40-22-20-29-12-6-7-21-39-29/h2-19,21,23H,20,22,24-25H2,1H3,(H,40,43). The first kappa shape index (κ1) is 28.1. The number of nitrogens with zero attached hydrogens (tertiary/aromatic N) is 3. The summed E-state index contributed by atoms with van der Waals surface area (Å²) in [5.41, 5.74) is 6.66. The summed E-state index contributed by atoms with van der Waals surface area (Å²) >= 11 is 0. The van der Waals surface area contributed by atoms with Crippen LogP contribution in [0.4, 0.5) is 5.69 Å². The minimum absolute atomic E-state index is 0.138. The quantitative estimate of drug-likeness (QED) is 0.219. The maximum atomic E-state index is 14.2. The summed E-state index contributed by atoms with van der Waals surface area (Å²) < 4.78 is 7.85. The molecule has 0 unspecified atom stereocenters. The molecule has 2 aromatic heterocycles. The van der Waals surface area contributed by atoms with Crippen molar-refractivity contribution >= 4 is 28.3 Å². The third-order valence-corrected chi connectivity index (χ3v) is 8.40. The Kier molecular flexibility index (Phi) is 7.57. The summed E-state index contributed by atoms with van der Waals surface area (Å²) in [5.74, 6) is 0.345. The zero-order chi connectivity index (χ0) is 30.8. The van der Waals surface area contributed by atoms with Gasteiger partial charge in [0.2, 0.25) is 0 Å². The highest BCUT2D eigenvalue weighted by atomic mass is 16.5. The smallest absolute Gasteiger partial charge is 0.267 e. The topological polar surface area (TPSA) is 76.5 Å². The number of para-hydroxylation sites is 1. The number of amides is 2. The number of carbonyl (C=O) groups is 2. The average molecular weight is 593 g/mol. The summed E-state index contributed by atoms with van der Waals surface area (Å²) in [7, 11) is 1.63. The van der Waals surface area contributed by atoms with Crippen molar-refractivity contribution in [1.29, 1.82) is 0 Å². The third-order valence-electron chi connectivity index (χ3n) is 8.40. The van der Waals surface area contributed by atoms with Crippen LogP contribution in [0.15, 0.2) is 121 Å². The predicted molar refractivity (Wildman–Crippen MR) is 177 cm³/mol. The number of hydrogen-bond acceptors (Lipinski definition) is 4. The van der Waals surface area contributed by atoms with E-state index in [2.05, 4.69) is 34.6 Å². The largest absolute Gasteiger partial charge is 0.496 e. The van der Waals surface area contributed by atoms with Crippen LogP contribution in [-0.4, -0.2) is 35.0 Å². The van der Waals surface area contributed by atoms with Gasteiger partial charge in [-0.25, -0.2) is 0 Å². The molecule has 4 aromatic carbocycles. The van der Waals surface area contributed by atoms with E-state index in [-0.39, 0.29) is 11.8 Å². The van der Waals surface area contributed by atoms with E-state index in [1.807, 2.05) is 95.6 Å². The van der Waals surface area contributed by atoms with E-state index in [4.69, 9.17) is 4.74 Å². The molecule has 1 aliphatic heterocycles. The van der Waals surface area contributed by atoms with Gasteiger partial charge in [0.05, 0.1) is 20.2 Å². The molecule has 7 heteroatoms. The van der Waals surface area contributed by atoms with E-state index < -0.39 is 0 Å². The Hall–Kier alpha value is -5.69. The molecule has 0 fully saturated rings. The molecule has 7 rings (SSSR count). The molecule has 0 radical (unpaired) electrons. The molecule has 0 aliphatic carbocycles. The first-order valence-electron chi connectivity index (χ1n) is 15.0. The van der Waals surface area contributed by atoms with E-state index >= 15 is 0 Å². The van der Waals surface area contributed by atoms with Crippen LogP contribution < -0.4 is 15.0 Å². The maximum Gasteiger partial charge on any atom is 0.267 e. The van der Waals surface area contributed by atoms with Crippen LogP contribution in [0.1, 0.15) is 37.8 Å². The summed E-state index contributed by atoms with van der Waals surface area (Å²) in [5, 5.41) is 5.30. The monoisotopic (exact) mass is 592 g/mol. The Morgan fingerprint density at radius 1 is 0.822 bits per heavy atom. The first-order valence-corrected chi connectivity index (χ1v) is 15.0. The molecule has 3 heterocycles. The second kappa shape index (κ2) is 12.1. The lowest BCUT2D eigenvalue weighted by molar-refractivity contribution is 0.0944. The number of methoxy groups -OCH3 is 1. The zero-order valence-corrected chi connectivity index (χ0v) is 24.9. The Balaban J connectivity index is 1.18. The average Bonchev–Trinajstić information content (AvgIpc) is 3.41. The van der Waals surface area contributed by atoms with Gasteiger partial charge in [0.15, 0.2) is 0 Å². The highest BCUT2D eigenvalue weighted by Crippen LogP contribution is 2.37. The van der Waals surface area contributed by atoms with Gasteiger partial charge in [0.25, 0.3) is 11.8 Å². The normalized spacial score (nSPS) is 12.2. The summed E-state index contributed by atoms with van der Waals surface area (Å²) in [4.78, 5) is 33.7. The van der Waals surface area contributed by atoms with E-state index in [1.54, 1.807) is 18.2 Å². The molecule has 0 saturated heterocycles. The number of fused-ring (bicyclic) bond motifs is 3. The Morgan fingerprint density at radius 2 is 1.64 bits per heavy atom. The second-order valence-corrected chi connectivity index (χ2v) is 11.1. The molecule has 0 bridgehead atoms. The van der Waals surface area contributed by atoms with E-state index in [1.165, 1.54) is 0 Å². The van der Waals surface area contributed by atoms with Crippen LogP contribution in [0, 0.1) is 0 Å². The first-order chi connectivity index (χ1) is 22.1. The third kappa shape index (κ3) is 5.45. The fourth-order valence-electron chi connectivity index (χ4n) is 6.14. The van der Waals surface area contributed by atoms with Crippen molar-refractivity contribution in [3.63, 3.8) is 0 Å². The fraction of sp³-hybridized carbons (Fsp3) is 0.132. The number of rotatable bonds is 7. The minimum Gasteiger partial charge on any atom is -0.496 e. The predicted octanol–water partition coefficient (Wildman–Crippen LogP) is 6.89. The van der Waals surface area contributed by atoms with Crippen molar-refractivity contribution in [3.8, 4) is 16.9 Å². The molecule has 7 nitrogen and oxygen atoms in total. The van der Waals surface area contributed by atoms with Crippen LogP contribution in [-0.2, 0) is 19.5 Å². The van der Waals surface area contributed by atoms with Gasteiger partial charge in [-0.1, -0.05) is 66.7 Å². The van der Waals surface area contributed by atoms with Crippen molar-refractivity contribution in [1.82, 2.24) is 14.9 Å². The van der Waals surface area contributed by atoms with Crippen LogP contribution in [0.5, 0.6) is 5.75 Å². The van der Waals surface area contributed by atoms with Gasteiger partial charge in [0.1, 0.15) is 11.4 Å². The molecule has 2 amide bonds. The number of carbonyl (C=O) groups excluding carboxylic acids is 2. The van der Waals surface area contributed by atoms with E-state index in [9.17, 15) is 9.59 Å². The van der Waals surface area contributed by atoms with Gasteiger partial charge < -0.3 is 19.5 Å². The number of hydrogen-bond donors (Lipinski definition) is 1. The molecular formula is C38H32N4O3. The van der Waals surface area contributed by atoms with Crippen LogP contribution in [0.2, 0.25) is 0 Å². The van der Waals surface area contributed by atoms with Gasteiger partial charge in [-0.2, -0.15) is 0 Å². The van der Waals surface area contributed by atoms with Crippen molar-refractivity contribution in [3.05, 3.63) is 150 Å². The number of pyridine rings is 1. The lowest BCUT2D eigenvalue weighted by Crippen LogP contribution is -2.31. The van der Waals surface area contributed by atoms with E-state index in [0.29, 0.717) is 43.1 Å². The number of anilines is 1. The Bertz CT molecular complexity index is 2030. The van der Waals surface area contributed by atoms with E-state index in [0.717, 1.165) is 44.5 Å². The molecule has 0 atom stereocenters. The molecule has 0 spiro atoms. The van der Waals surface area contributed by atoms with Crippen LogP contribution in [0.25, 0.3) is 21.9 Å².